The number of nitrogens with one attached hydrogen (secondary N) is 1. The fourth-order valence-corrected chi connectivity index (χ4v) is 3.52. The summed E-state index contributed by atoms with van der Waals surface area (Å²) in [6.45, 7) is 4.99. The van der Waals surface area contributed by atoms with Crippen LogP contribution in [0.5, 0.6) is 0 Å². The first-order valence-electron chi connectivity index (χ1n) is 7.33. The Bertz CT molecular complexity index is 578. The molecule has 2 atom stereocenters. The second-order valence-corrected chi connectivity index (χ2v) is 6.63. The van der Waals surface area contributed by atoms with Crippen LogP contribution in [0.4, 0.5) is 5.69 Å². The average molecular weight is 431 g/mol. The van der Waals surface area contributed by atoms with Gasteiger partial charge < -0.3 is 10.1 Å². The first-order chi connectivity index (χ1) is 10.3. The van der Waals surface area contributed by atoms with Crippen molar-refractivity contribution in [3.63, 3.8) is 0 Å². The van der Waals surface area contributed by atoms with Crippen LogP contribution in [-0.4, -0.2) is 5.44 Å². The minimum Gasteiger partial charge on any atom is -0.542 e. The molecule has 2 nitrogen and oxygen atoms in total. The van der Waals surface area contributed by atoms with E-state index in [4.69, 9.17) is 4.74 Å². The van der Waals surface area contributed by atoms with Crippen LogP contribution in [0.1, 0.15) is 18.9 Å². The quantitative estimate of drug-likeness (QED) is 0.732. The van der Waals surface area contributed by atoms with Crippen LogP contribution in [0.15, 0.2) is 59.5 Å². The molecule has 22 heavy (non-hydrogen) atoms. The molecular formula is C18H20CsNOS. The zero-order chi connectivity index (χ0) is 14.5. The van der Waals surface area contributed by atoms with Gasteiger partial charge in [0.25, 0.3) is 0 Å². The van der Waals surface area contributed by atoms with Crippen molar-refractivity contribution < 1.29 is 73.6 Å². The number of ether oxygens (including phenoxy) is 1. The molecule has 0 spiro atoms. The predicted molar refractivity (Wildman–Crippen MR) is 89.0 cm³/mol. The molecule has 0 aliphatic carbocycles. The molecule has 1 saturated heterocycles. The third-order valence-corrected chi connectivity index (χ3v) is 4.56. The SMILES string of the molecule is C[C@H]1[CH-]OC(Sc2cccc(NCc3ccccc3)c2)C1.[Cs+]. The van der Waals surface area contributed by atoms with E-state index in [2.05, 4.69) is 60.8 Å². The van der Waals surface area contributed by atoms with Crippen molar-refractivity contribution in [1.29, 1.82) is 0 Å². The Labute approximate surface area is 196 Å². The van der Waals surface area contributed by atoms with Crippen LogP contribution >= 0.6 is 11.8 Å². The summed E-state index contributed by atoms with van der Waals surface area (Å²) in [4.78, 5) is 1.25. The summed E-state index contributed by atoms with van der Waals surface area (Å²) in [6, 6.07) is 19.0. The Morgan fingerprint density at radius 3 is 2.73 bits per heavy atom. The molecular weight excluding hydrogens is 411 g/mol. The van der Waals surface area contributed by atoms with Gasteiger partial charge in [0.05, 0.1) is 5.44 Å². The van der Waals surface area contributed by atoms with Gasteiger partial charge in [0.2, 0.25) is 0 Å². The van der Waals surface area contributed by atoms with Gasteiger partial charge in [-0.1, -0.05) is 55.1 Å². The number of anilines is 1. The van der Waals surface area contributed by atoms with Gasteiger partial charge in [0.1, 0.15) is 0 Å². The third-order valence-electron chi connectivity index (χ3n) is 3.47. The fraction of sp³-hybridized carbons (Fsp3) is 0.278. The average Bonchev–Trinajstić information content (AvgIpc) is 2.92. The van der Waals surface area contributed by atoms with Crippen LogP contribution in [0.2, 0.25) is 0 Å². The molecule has 0 radical (unpaired) electrons. The molecule has 1 aliphatic heterocycles. The van der Waals surface area contributed by atoms with Gasteiger partial charge in [0.15, 0.2) is 0 Å². The van der Waals surface area contributed by atoms with Gasteiger partial charge in [-0.3, -0.25) is 0 Å². The Hall–Kier alpha value is 0.602. The van der Waals surface area contributed by atoms with Gasteiger partial charge in [-0.25, -0.2) is 6.61 Å². The smallest absolute Gasteiger partial charge is 0.542 e. The van der Waals surface area contributed by atoms with Gasteiger partial charge in [-0.15, -0.1) is 5.92 Å². The topological polar surface area (TPSA) is 21.3 Å². The standard InChI is InChI=1S/C18H20NOS.Cs/c1-14-10-18(20-13-14)21-17-9-5-8-16(11-17)19-12-15-6-3-2-4-7-15;/h2-9,11,13-14,18-19H,10,12H2,1H3;/q-1;+1/t14-,18?;/m1./s1. The van der Waals surface area contributed by atoms with E-state index in [1.807, 2.05) is 12.7 Å². The molecule has 2 aromatic carbocycles. The zero-order valence-corrected chi connectivity index (χ0v) is 20.3. The van der Waals surface area contributed by atoms with Gasteiger partial charge in [0, 0.05) is 17.1 Å². The van der Waals surface area contributed by atoms with E-state index in [1.165, 1.54) is 10.5 Å². The maximum Gasteiger partial charge on any atom is 1.00 e. The van der Waals surface area contributed by atoms with Crippen LogP contribution < -0.4 is 74.2 Å². The predicted octanol–water partition coefficient (Wildman–Crippen LogP) is 1.94. The fourth-order valence-electron chi connectivity index (χ4n) is 2.34. The Kier molecular flexibility index (Phi) is 8.43. The minimum absolute atomic E-state index is 0. The van der Waals surface area contributed by atoms with Crippen molar-refractivity contribution in [2.75, 3.05) is 5.32 Å². The molecule has 0 saturated carbocycles. The van der Waals surface area contributed by atoms with E-state index in [1.54, 1.807) is 11.8 Å². The number of hydrogen-bond donors (Lipinski definition) is 1. The van der Waals surface area contributed by atoms with Crippen LogP contribution in [0, 0.1) is 12.5 Å². The van der Waals surface area contributed by atoms with E-state index >= 15 is 0 Å². The normalized spacial score (nSPS) is 20.4. The summed E-state index contributed by atoms with van der Waals surface area (Å²) in [5.41, 5.74) is 2.70. The van der Waals surface area contributed by atoms with E-state index < -0.39 is 0 Å². The minimum atomic E-state index is 0. The van der Waals surface area contributed by atoms with E-state index in [9.17, 15) is 0 Å². The number of benzene rings is 2. The molecule has 1 unspecified atom stereocenters. The van der Waals surface area contributed by atoms with Crippen molar-refractivity contribution in [3.8, 4) is 0 Å². The van der Waals surface area contributed by atoms with Crippen LogP contribution in [0.25, 0.3) is 0 Å². The molecule has 0 amide bonds. The maximum atomic E-state index is 5.66. The van der Waals surface area contributed by atoms with E-state index in [0.717, 1.165) is 18.7 Å². The van der Waals surface area contributed by atoms with Crippen LogP contribution in [0.3, 0.4) is 0 Å². The van der Waals surface area contributed by atoms with Crippen molar-refractivity contribution >= 4 is 17.4 Å². The number of rotatable bonds is 5. The molecule has 4 heteroatoms. The first-order valence-corrected chi connectivity index (χ1v) is 8.21. The molecule has 1 aliphatic rings. The summed E-state index contributed by atoms with van der Waals surface area (Å²) in [6.07, 6.45) is 1.09. The summed E-state index contributed by atoms with van der Waals surface area (Å²) in [5, 5.41) is 3.47. The van der Waals surface area contributed by atoms with E-state index in [-0.39, 0.29) is 74.3 Å². The molecule has 0 aromatic heterocycles. The van der Waals surface area contributed by atoms with E-state index in [0.29, 0.717) is 5.92 Å². The van der Waals surface area contributed by atoms with Crippen molar-refractivity contribution in [3.05, 3.63) is 66.8 Å². The second-order valence-electron chi connectivity index (χ2n) is 5.40. The molecule has 0 bridgehead atoms. The monoisotopic (exact) mass is 431 g/mol. The molecule has 1 fully saturated rings. The zero-order valence-electron chi connectivity index (χ0n) is 13.2. The Morgan fingerprint density at radius 1 is 1.18 bits per heavy atom. The third kappa shape index (κ3) is 5.91. The Morgan fingerprint density at radius 2 is 2.00 bits per heavy atom. The molecule has 3 rings (SSSR count). The number of hydrogen-bond acceptors (Lipinski definition) is 3. The molecule has 2 aromatic rings. The van der Waals surface area contributed by atoms with Crippen LogP contribution in [-0.2, 0) is 11.3 Å². The Balaban J connectivity index is 0.00000176. The molecule has 1 heterocycles. The maximum absolute atomic E-state index is 5.66. The largest absolute Gasteiger partial charge is 1.00 e. The molecule has 1 N–H and O–H groups in total. The van der Waals surface area contributed by atoms with Gasteiger partial charge in [-0.2, -0.15) is 0 Å². The first kappa shape index (κ1) is 18.9. The number of thioether (sulfide) groups is 1. The summed E-state index contributed by atoms with van der Waals surface area (Å²) in [7, 11) is 0. The van der Waals surface area contributed by atoms with Crippen molar-refractivity contribution in [2.24, 2.45) is 5.92 Å². The molecule has 110 valence electrons. The van der Waals surface area contributed by atoms with Crippen molar-refractivity contribution in [1.82, 2.24) is 0 Å². The summed E-state index contributed by atoms with van der Waals surface area (Å²) in [5.74, 6) is 0.557. The summed E-state index contributed by atoms with van der Waals surface area (Å²) < 4.78 is 5.66. The van der Waals surface area contributed by atoms with Crippen molar-refractivity contribution in [2.45, 2.75) is 30.2 Å². The second kappa shape index (κ2) is 9.79. The van der Waals surface area contributed by atoms with Gasteiger partial charge >= 0.3 is 68.9 Å². The van der Waals surface area contributed by atoms with Gasteiger partial charge in [-0.05, 0) is 30.2 Å². The summed E-state index contributed by atoms with van der Waals surface area (Å²) >= 11 is 1.80.